The lowest BCUT2D eigenvalue weighted by molar-refractivity contribution is -0.0604. The van der Waals surface area contributed by atoms with Crippen molar-refractivity contribution >= 4 is 15.9 Å². The molecule has 2 aliphatic carbocycles. The van der Waals surface area contributed by atoms with Gasteiger partial charge in [-0.15, -0.1) is 0 Å². The van der Waals surface area contributed by atoms with Crippen LogP contribution in [0.5, 0.6) is 5.75 Å². The van der Waals surface area contributed by atoms with Gasteiger partial charge >= 0.3 is 0 Å². The van der Waals surface area contributed by atoms with Crippen molar-refractivity contribution in [1.29, 1.82) is 0 Å². The summed E-state index contributed by atoms with van der Waals surface area (Å²) < 4.78 is 6.37. The highest BCUT2D eigenvalue weighted by molar-refractivity contribution is 9.09. The van der Waals surface area contributed by atoms with Crippen molar-refractivity contribution in [1.82, 2.24) is 0 Å². The lowest BCUT2D eigenvalue weighted by atomic mass is 9.58. The van der Waals surface area contributed by atoms with Gasteiger partial charge in [0.15, 0.2) is 0 Å². The lowest BCUT2D eigenvalue weighted by Gasteiger charge is -2.55. The van der Waals surface area contributed by atoms with Gasteiger partial charge in [-0.25, -0.2) is 0 Å². The van der Waals surface area contributed by atoms with Crippen LogP contribution in [0.25, 0.3) is 0 Å². The third kappa shape index (κ3) is 2.33. The van der Waals surface area contributed by atoms with Gasteiger partial charge in [0.25, 0.3) is 0 Å². The van der Waals surface area contributed by atoms with Crippen LogP contribution < -0.4 is 4.74 Å². The first-order valence-corrected chi connectivity index (χ1v) is 8.41. The molecule has 2 fully saturated rings. The highest BCUT2D eigenvalue weighted by Crippen LogP contribution is 2.56. The summed E-state index contributed by atoms with van der Waals surface area (Å²) in [7, 11) is 0. The maximum Gasteiger partial charge on any atom is 0.122 e. The van der Waals surface area contributed by atoms with Crippen LogP contribution in [0, 0.1) is 19.3 Å². The molecule has 1 spiro atoms. The van der Waals surface area contributed by atoms with Crippen LogP contribution in [0.2, 0.25) is 0 Å². The molecule has 0 heterocycles. The van der Waals surface area contributed by atoms with Crippen molar-refractivity contribution in [3.05, 3.63) is 29.3 Å². The van der Waals surface area contributed by atoms with E-state index in [4.69, 9.17) is 4.74 Å². The van der Waals surface area contributed by atoms with Crippen molar-refractivity contribution in [2.45, 2.75) is 63.3 Å². The molecule has 19 heavy (non-hydrogen) atoms. The van der Waals surface area contributed by atoms with E-state index in [2.05, 4.69) is 48.0 Å². The van der Waals surface area contributed by atoms with E-state index >= 15 is 0 Å². The molecule has 0 amide bonds. The number of hydrogen-bond donors (Lipinski definition) is 0. The quantitative estimate of drug-likeness (QED) is 0.682. The van der Waals surface area contributed by atoms with Crippen LogP contribution in [0.4, 0.5) is 0 Å². The number of ether oxygens (including phenoxy) is 1. The van der Waals surface area contributed by atoms with Crippen LogP contribution in [-0.2, 0) is 0 Å². The largest absolute Gasteiger partial charge is 0.489 e. The van der Waals surface area contributed by atoms with Crippen molar-refractivity contribution in [3.63, 3.8) is 0 Å². The minimum atomic E-state index is 0.412. The number of alkyl halides is 1. The average Bonchev–Trinajstić information content (AvgIpc) is 2.42. The lowest BCUT2D eigenvalue weighted by Crippen LogP contribution is -2.57. The molecular formula is C17H23BrO. The molecule has 3 rings (SSSR count). The zero-order valence-corrected chi connectivity index (χ0v) is 13.5. The van der Waals surface area contributed by atoms with E-state index in [1.54, 1.807) is 0 Å². The standard InChI is InChI=1S/C17H23BrO/c1-12-6-7-14(13(2)10-12)19-16-11-15(18)17(16)8-4-3-5-9-17/h6-7,10,15-16H,3-5,8-9,11H2,1-2H3. The third-order valence-corrected chi connectivity index (χ3v) is 6.36. The van der Waals surface area contributed by atoms with E-state index in [0.717, 1.165) is 12.2 Å². The Balaban J connectivity index is 1.76. The molecule has 2 aliphatic rings. The van der Waals surface area contributed by atoms with E-state index in [1.165, 1.54) is 43.2 Å². The molecule has 2 atom stereocenters. The molecule has 2 unspecified atom stereocenters. The Kier molecular flexibility index (Phi) is 3.63. The van der Waals surface area contributed by atoms with Crippen molar-refractivity contribution < 1.29 is 4.74 Å². The maximum atomic E-state index is 6.37. The average molecular weight is 323 g/mol. The molecule has 2 heteroatoms. The molecule has 0 saturated heterocycles. The predicted molar refractivity (Wildman–Crippen MR) is 83.2 cm³/mol. The second-order valence-electron chi connectivity index (χ2n) is 6.37. The van der Waals surface area contributed by atoms with Gasteiger partial charge in [-0.2, -0.15) is 0 Å². The first kappa shape index (κ1) is 13.5. The number of hydrogen-bond acceptors (Lipinski definition) is 1. The number of rotatable bonds is 2. The minimum Gasteiger partial charge on any atom is -0.489 e. The molecule has 0 bridgehead atoms. The molecule has 0 radical (unpaired) electrons. The van der Waals surface area contributed by atoms with Gasteiger partial charge < -0.3 is 4.74 Å². The summed E-state index contributed by atoms with van der Waals surface area (Å²) in [6, 6.07) is 6.51. The van der Waals surface area contributed by atoms with E-state index in [1.807, 2.05) is 0 Å². The normalized spacial score (nSPS) is 29.0. The summed E-state index contributed by atoms with van der Waals surface area (Å²) in [4.78, 5) is 0.663. The van der Waals surface area contributed by atoms with Gasteiger partial charge in [0, 0.05) is 10.2 Å². The summed E-state index contributed by atoms with van der Waals surface area (Å²) >= 11 is 3.88. The van der Waals surface area contributed by atoms with Gasteiger partial charge in [-0.05, 0) is 44.7 Å². The smallest absolute Gasteiger partial charge is 0.122 e. The summed E-state index contributed by atoms with van der Waals surface area (Å²) in [5, 5.41) is 0. The monoisotopic (exact) mass is 322 g/mol. The van der Waals surface area contributed by atoms with Crippen LogP contribution >= 0.6 is 15.9 Å². The fourth-order valence-corrected chi connectivity index (χ4v) is 4.89. The van der Waals surface area contributed by atoms with Crippen LogP contribution in [0.3, 0.4) is 0 Å². The second-order valence-corrected chi connectivity index (χ2v) is 7.48. The molecule has 0 aromatic heterocycles. The molecule has 104 valence electrons. The molecule has 1 nitrogen and oxygen atoms in total. The Labute approximate surface area is 124 Å². The summed E-state index contributed by atoms with van der Waals surface area (Å²) in [5.74, 6) is 1.08. The van der Waals surface area contributed by atoms with Gasteiger partial charge in [-0.1, -0.05) is 52.9 Å². The van der Waals surface area contributed by atoms with Crippen LogP contribution in [0.15, 0.2) is 18.2 Å². The first-order valence-electron chi connectivity index (χ1n) is 7.50. The number of halogens is 1. The van der Waals surface area contributed by atoms with Crippen LogP contribution in [0.1, 0.15) is 49.7 Å². The summed E-state index contributed by atoms with van der Waals surface area (Å²) in [6.07, 6.45) is 8.38. The van der Waals surface area contributed by atoms with E-state index in [0.29, 0.717) is 16.3 Å². The van der Waals surface area contributed by atoms with Gasteiger partial charge in [0.2, 0.25) is 0 Å². The zero-order chi connectivity index (χ0) is 13.5. The molecule has 0 N–H and O–H groups in total. The molecule has 2 saturated carbocycles. The zero-order valence-electron chi connectivity index (χ0n) is 11.9. The summed E-state index contributed by atoms with van der Waals surface area (Å²) in [5.41, 5.74) is 2.99. The van der Waals surface area contributed by atoms with Crippen molar-refractivity contribution in [3.8, 4) is 5.75 Å². The summed E-state index contributed by atoms with van der Waals surface area (Å²) in [6.45, 7) is 4.29. The number of benzene rings is 1. The second kappa shape index (κ2) is 5.12. The molecule has 1 aromatic rings. The first-order chi connectivity index (χ1) is 9.12. The van der Waals surface area contributed by atoms with E-state index in [-0.39, 0.29) is 0 Å². The minimum absolute atomic E-state index is 0.412. The Bertz CT molecular complexity index is 462. The van der Waals surface area contributed by atoms with E-state index in [9.17, 15) is 0 Å². The molecule has 0 aliphatic heterocycles. The number of aryl methyl sites for hydroxylation is 2. The Morgan fingerprint density at radius 1 is 1.16 bits per heavy atom. The maximum absolute atomic E-state index is 6.37. The Morgan fingerprint density at radius 2 is 1.89 bits per heavy atom. The van der Waals surface area contributed by atoms with Crippen molar-refractivity contribution in [2.75, 3.05) is 0 Å². The highest BCUT2D eigenvalue weighted by Gasteiger charge is 2.55. The third-order valence-electron chi connectivity index (χ3n) is 5.07. The molecular weight excluding hydrogens is 300 g/mol. The predicted octanol–water partition coefficient (Wildman–Crippen LogP) is 5.17. The van der Waals surface area contributed by atoms with Gasteiger partial charge in [0.1, 0.15) is 11.9 Å². The Morgan fingerprint density at radius 3 is 2.53 bits per heavy atom. The Hall–Kier alpha value is -0.500. The fourth-order valence-electron chi connectivity index (χ4n) is 3.79. The van der Waals surface area contributed by atoms with Crippen molar-refractivity contribution in [2.24, 2.45) is 5.41 Å². The van der Waals surface area contributed by atoms with Crippen LogP contribution in [-0.4, -0.2) is 10.9 Å². The fraction of sp³-hybridized carbons (Fsp3) is 0.647. The van der Waals surface area contributed by atoms with Gasteiger partial charge in [0.05, 0.1) is 0 Å². The van der Waals surface area contributed by atoms with Gasteiger partial charge in [-0.3, -0.25) is 0 Å². The van der Waals surface area contributed by atoms with E-state index < -0.39 is 0 Å². The molecule has 1 aromatic carbocycles. The topological polar surface area (TPSA) is 9.23 Å². The SMILES string of the molecule is Cc1ccc(OC2CC(Br)C23CCCCC3)c(C)c1. The highest BCUT2D eigenvalue weighted by atomic mass is 79.9.